The molecule has 1 N–H and O–H groups in total. The molecular formula is C13H13BrF3NO. The van der Waals surface area contributed by atoms with Crippen molar-refractivity contribution in [2.24, 2.45) is 5.92 Å². The van der Waals surface area contributed by atoms with Crippen molar-refractivity contribution in [3.8, 4) is 0 Å². The van der Waals surface area contributed by atoms with E-state index in [1.807, 2.05) is 0 Å². The van der Waals surface area contributed by atoms with Crippen LogP contribution in [0.15, 0.2) is 22.7 Å². The van der Waals surface area contributed by atoms with E-state index in [0.29, 0.717) is 12.5 Å². The molecule has 0 saturated heterocycles. The van der Waals surface area contributed by atoms with Gasteiger partial charge in [0.15, 0.2) is 0 Å². The van der Waals surface area contributed by atoms with Crippen molar-refractivity contribution in [3.63, 3.8) is 0 Å². The molecular weight excluding hydrogens is 323 g/mol. The van der Waals surface area contributed by atoms with Crippen molar-refractivity contribution in [1.82, 2.24) is 5.32 Å². The van der Waals surface area contributed by atoms with E-state index in [1.54, 1.807) is 0 Å². The zero-order chi connectivity index (χ0) is 14.0. The Balaban J connectivity index is 2.08. The van der Waals surface area contributed by atoms with Crippen LogP contribution in [0.2, 0.25) is 0 Å². The first-order valence-electron chi connectivity index (χ1n) is 6.03. The van der Waals surface area contributed by atoms with Crippen molar-refractivity contribution in [2.75, 3.05) is 6.54 Å². The zero-order valence-electron chi connectivity index (χ0n) is 10.1. The van der Waals surface area contributed by atoms with E-state index in [-0.39, 0.29) is 10.0 Å². The smallest absolute Gasteiger partial charge is 0.352 e. The third-order valence-electron chi connectivity index (χ3n) is 3.31. The molecule has 0 aliphatic heterocycles. The Morgan fingerprint density at radius 1 is 1.37 bits per heavy atom. The number of nitrogens with one attached hydrogen (secondary N) is 1. The fourth-order valence-electron chi connectivity index (χ4n) is 1.92. The van der Waals surface area contributed by atoms with E-state index in [0.717, 1.165) is 25.3 Å². The number of amides is 1. The number of hydrogen-bond donors (Lipinski definition) is 1. The van der Waals surface area contributed by atoms with Crippen LogP contribution in [0.25, 0.3) is 0 Å². The number of rotatable bonds is 3. The van der Waals surface area contributed by atoms with Crippen LogP contribution in [-0.2, 0) is 6.18 Å². The maximum Gasteiger partial charge on any atom is 0.417 e. The average Bonchev–Trinajstić information content (AvgIpc) is 2.25. The first-order valence-corrected chi connectivity index (χ1v) is 6.82. The molecule has 0 atom stereocenters. The second-order valence-electron chi connectivity index (χ2n) is 4.70. The van der Waals surface area contributed by atoms with Crippen molar-refractivity contribution in [2.45, 2.75) is 25.4 Å². The van der Waals surface area contributed by atoms with Gasteiger partial charge in [-0.3, -0.25) is 4.79 Å². The molecule has 0 aromatic heterocycles. The molecule has 1 aliphatic carbocycles. The van der Waals surface area contributed by atoms with Crippen LogP contribution in [0.1, 0.15) is 35.2 Å². The Kier molecular flexibility index (Phi) is 4.18. The topological polar surface area (TPSA) is 29.1 Å². The highest BCUT2D eigenvalue weighted by Crippen LogP contribution is 2.35. The summed E-state index contributed by atoms with van der Waals surface area (Å²) in [4.78, 5) is 11.8. The van der Waals surface area contributed by atoms with E-state index in [4.69, 9.17) is 0 Å². The minimum absolute atomic E-state index is 0.0369. The minimum Gasteiger partial charge on any atom is -0.352 e. The molecule has 0 unspecified atom stereocenters. The molecule has 1 aliphatic rings. The normalized spacial score (nSPS) is 16.0. The highest BCUT2D eigenvalue weighted by Gasteiger charge is 2.33. The number of carbonyl (C=O) groups excluding carboxylic acids is 1. The lowest BCUT2D eigenvalue weighted by molar-refractivity contribution is -0.138. The summed E-state index contributed by atoms with van der Waals surface area (Å²) in [6.07, 6.45) is -1.15. The van der Waals surface area contributed by atoms with Gasteiger partial charge in [0.1, 0.15) is 0 Å². The van der Waals surface area contributed by atoms with Gasteiger partial charge in [-0.15, -0.1) is 0 Å². The summed E-state index contributed by atoms with van der Waals surface area (Å²) in [6.45, 7) is 0.538. The molecule has 2 nitrogen and oxygen atoms in total. The van der Waals surface area contributed by atoms with Gasteiger partial charge in [-0.25, -0.2) is 0 Å². The highest BCUT2D eigenvalue weighted by molar-refractivity contribution is 9.10. The summed E-state index contributed by atoms with van der Waals surface area (Å²) in [7, 11) is 0. The van der Waals surface area contributed by atoms with Crippen LogP contribution in [0.4, 0.5) is 13.2 Å². The lowest BCUT2D eigenvalue weighted by Gasteiger charge is -2.25. The predicted octanol–water partition coefficient (Wildman–Crippen LogP) is 4.00. The van der Waals surface area contributed by atoms with Crippen LogP contribution in [0.3, 0.4) is 0 Å². The van der Waals surface area contributed by atoms with E-state index in [2.05, 4.69) is 21.2 Å². The largest absolute Gasteiger partial charge is 0.417 e. The first kappa shape index (κ1) is 14.4. The molecule has 6 heteroatoms. The fraction of sp³-hybridized carbons (Fsp3) is 0.462. The molecule has 19 heavy (non-hydrogen) atoms. The van der Waals surface area contributed by atoms with Gasteiger partial charge in [-0.1, -0.05) is 22.4 Å². The number of benzene rings is 1. The lowest BCUT2D eigenvalue weighted by Crippen LogP contribution is -2.32. The maximum absolute atomic E-state index is 12.7. The molecule has 1 aromatic rings. The Hall–Kier alpha value is -1.04. The van der Waals surface area contributed by atoms with Crippen LogP contribution >= 0.6 is 15.9 Å². The first-order chi connectivity index (χ1) is 8.88. The van der Waals surface area contributed by atoms with Crippen molar-refractivity contribution >= 4 is 21.8 Å². The van der Waals surface area contributed by atoms with Gasteiger partial charge < -0.3 is 5.32 Å². The molecule has 104 valence electrons. The molecule has 0 heterocycles. The van der Waals surface area contributed by atoms with Gasteiger partial charge in [0.05, 0.1) is 5.56 Å². The van der Waals surface area contributed by atoms with E-state index in [1.165, 1.54) is 12.1 Å². The average molecular weight is 336 g/mol. The Labute approximate surface area is 117 Å². The summed E-state index contributed by atoms with van der Waals surface area (Å²) in [5, 5.41) is 2.68. The van der Waals surface area contributed by atoms with Gasteiger partial charge in [0, 0.05) is 16.6 Å². The highest BCUT2D eigenvalue weighted by atomic mass is 79.9. The summed E-state index contributed by atoms with van der Waals surface area (Å²) < 4.78 is 38.1. The van der Waals surface area contributed by atoms with Crippen LogP contribution < -0.4 is 5.32 Å². The second kappa shape index (κ2) is 5.53. The number of alkyl halides is 3. The summed E-state index contributed by atoms with van der Waals surface area (Å²) in [5.74, 6) is 0.0198. The van der Waals surface area contributed by atoms with Gasteiger partial charge >= 0.3 is 6.18 Å². The molecule has 1 saturated carbocycles. The van der Waals surface area contributed by atoms with E-state index in [9.17, 15) is 18.0 Å². The Bertz CT molecular complexity index is 483. The molecule has 0 radical (unpaired) electrons. The SMILES string of the molecule is O=C(NCC1CCC1)c1ccc(Br)c(C(F)(F)F)c1. The minimum atomic E-state index is -4.47. The van der Waals surface area contributed by atoms with Crippen molar-refractivity contribution < 1.29 is 18.0 Å². The molecule has 0 spiro atoms. The lowest BCUT2D eigenvalue weighted by atomic mass is 9.85. The summed E-state index contributed by atoms with van der Waals surface area (Å²) in [6, 6.07) is 3.51. The molecule has 2 rings (SSSR count). The van der Waals surface area contributed by atoms with Crippen LogP contribution in [-0.4, -0.2) is 12.5 Å². The standard InChI is InChI=1S/C13H13BrF3NO/c14-11-5-4-9(6-10(11)13(15,16)17)12(19)18-7-8-2-1-3-8/h4-6,8H,1-3,7H2,(H,18,19). The van der Waals surface area contributed by atoms with Crippen LogP contribution in [0.5, 0.6) is 0 Å². The predicted molar refractivity (Wildman–Crippen MR) is 68.8 cm³/mol. The van der Waals surface area contributed by atoms with Crippen molar-refractivity contribution in [1.29, 1.82) is 0 Å². The Morgan fingerprint density at radius 3 is 2.58 bits per heavy atom. The van der Waals surface area contributed by atoms with Gasteiger partial charge in [-0.2, -0.15) is 13.2 Å². The molecule has 1 aromatic carbocycles. The van der Waals surface area contributed by atoms with E-state index < -0.39 is 17.6 Å². The molecule has 0 bridgehead atoms. The maximum atomic E-state index is 12.7. The molecule has 1 amide bonds. The zero-order valence-corrected chi connectivity index (χ0v) is 11.6. The summed E-state index contributed by atoms with van der Waals surface area (Å²) >= 11 is 2.85. The van der Waals surface area contributed by atoms with Gasteiger partial charge in [0.25, 0.3) is 5.91 Å². The molecule has 1 fully saturated rings. The number of halogens is 4. The second-order valence-corrected chi connectivity index (χ2v) is 5.55. The van der Waals surface area contributed by atoms with Gasteiger partial charge in [-0.05, 0) is 37.0 Å². The third kappa shape index (κ3) is 3.49. The third-order valence-corrected chi connectivity index (χ3v) is 4.00. The number of carbonyl (C=O) groups is 1. The Morgan fingerprint density at radius 2 is 2.05 bits per heavy atom. The number of hydrogen-bond acceptors (Lipinski definition) is 1. The van der Waals surface area contributed by atoms with Crippen molar-refractivity contribution in [3.05, 3.63) is 33.8 Å². The summed E-state index contributed by atoms with van der Waals surface area (Å²) in [5.41, 5.74) is -0.793. The van der Waals surface area contributed by atoms with Gasteiger partial charge in [0.2, 0.25) is 0 Å². The fourth-order valence-corrected chi connectivity index (χ4v) is 2.39. The van der Waals surface area contributed by atoms with E-state index >= 15 is 0 Å². The monoisotopic (exact) mass is 335 g/mol. The quantitative estimate of drug-likeness (QED) is 0.888. The van der Waals surface area contributed by atoms with Crippen LogP contribution in [0, 0.1) is 5.92 Å².